The Hall–Kier alpha value is -0.170. The summed E-state index contributed by atoms with van der Waals surface area (Å²) in [6.45, 7) is 7.10. The molecular formula is C13H28N2O3S. The molecule has 19 heavy (non-hydrogen) atoms. The highest BCUT2D eigenvalue weighted by Crippen LogP contribution is 2.13. The molecule has 0 radical (unpaired) electrons. The summed E-state index contributed by atoms with van der Waals surface area (Å²) in [6, 6.07) is 0. The lowest BCUT2D eigenvalue weighted by Gasteiger charge is -2.22. The number of hydrogen-bond acceptors (Lipinski definition) is 4. The number of sulfonamides is 1. The van der Waals surface area contributed by atoms with Crippen LogP contribution in [0, 0.1) is 5.92 Å². The van der Waals surface area contributed by atoms with Crippen LogP contribution in [-0.2, 0) is 14.8 Å². The minimum Gasteiger partial charge on any atom is -0.379 e. The quantitative estimate of drug-likeness (QED) is 0.625. The topological polar surface area (TPSA) is 67.4 Å². The van der Waals surface area contributed by atoms with Crippen LogP contribution in [0.2, 0.25) is 0 Å². The van der Waals surface area contributed by atoms with E-state index in [1.807, 2.05) is 13.8 Å². The smallest absolute Gasteiger partial charge is 0.211 e. The number of rotatable bonds is 9. The van der Waals surface area contributed by atoms with Gasteiger partial charge in [0, 0.05) is 13.2 Å². The molecule has 0 atom stereocenters. The van der Waals surface area contributed by atoms with Crippen molar-refractivity contribution in [2.24, 2.45) is 5.92 Å². The Kier molecular flexibility index (Phi) is 7.90. The summed E-state index contributed by atoms with van der Waals surface area (Å²) in [5, 5.41) is 3.25. The van der Waals surface area contributed by atoms with E-state index in [2.05, 4.69) is 10.0 Å². The zero-order valence-electron chi connectivity index (χ0n) is 12.2. The second kappa shape index (κ2) is 8.89. The van der Waals surface area contributed by atoms with Gasteiger partial charge in [-0.3, -0.25) is 0 Å². The van der Waals surface area contributed by atoms with E-state index in [1.54, 1.807) is 0 Å². The lowest BCUT2D eigenvalue weighted by Crippen LogP contribution is -2.36. The van der Waals surface area contributed by atoms with Crippen LogP contribution in [0.1, 0.15) is 39.5 Å². The molecule has 114 valence electrons. The van der Waals surface area contributed by atoms with E-state index in [0.717, 1.165) is 38.8 Å². The van der Waals surface area contributed by atoms with Gasteiger partial charge in [0.1, 0.15) is 0 Å². The zero-order chi connectivity index (χ0) is 14.1. The lowest BCUT2D eigenvalue weighted by atomic mass is 10.0. The summed E-state index contributed by atoms with van der Waals surface area (Å²) < 4.78 is 31.9. The molecule has 5 nitrogen and oxygen atoms in total. The third-order valence-electron chi connectivity index (χ3n) is 3.26. The van der Waals surface area contributed by atoms with E-state index < -0.39 is 10.0 Å². The molecule has 0 saturated carbocycles. The predicted octanol–water partition coefficient (Wildman–Crippen LogP) is 1.11. The molecule has 0 aromatic rings. The van der Waals surface area contributed by atoms with Gasteiger partial charge in [-0.05, 0) is 58.5 Å². The van der Waals surface area contributed by atoms with Crippen molar-refractivity contribution >= 4 is 10.0 Å². The van der Waals surface area contributed by atoms with Gasteiger partial charge in [0.05, 0.1) is 11.9 Å². The Bertz CT molecular complexity index is 325. The van der Waals surface area contributed by atoms with Crippen LogP contribution in [0.3, 0.4) is 0 Å². The first-order chi connectivity index (χ1) is 8.99. The fourth-order valence-electron chi connectivity index (χ4n) is 2.19. The second-order valence-corrected chi connectivity index (χ2v) is 7.35. The summed E-state index contributed by atoms with van der Waals surface area (Å²) in [5.41, 5.74) is 0. The first kappa shape index (κ1) is 16.9. The van der Waals surface area contributed by atoms with Crippen LogP contribution in [0.15, 0.2) is 0 Å². The Labute approximate surface area is 117 Å². The molecule has 1 fully saturated rings. The molecule has 6 heteroatoms. The standard InChI is InChI=1S/C13H28N2O3S/c1-12(2)18-10-4-3-7-15-19(16,17)11-13-5-8-14-9-6-13/h12-15H,3-11H2,1-2H3. The average molecular weight is 292 g/mol. The van der Waals surface area contributed by atoms with E-state index in [0.29, 0.717) is 19.1 Å². The van der Waals surface area contributed by atoms with Gasteiger partial charge < -0.3 is 10.1 Å². The van der Waals surface area contributed by atoms with E-state index in [4.69, 9.17) is 4.74 Å². The van der Waals surface area contributed by atoms with Crippen molar-refractivity contribution in [3.05, 3.63) is 0 Å². The van der Waals surface area contributed by atoms with Crippen molar-refractivity contribution in [2.75, 3.05) is 32.0 Å². The van der Waals surface area contributed by atoms with Gasteiger partial charge in [0.15, 0.2) is 0 Å². The fourth-order valence-corrected chi connectivity index (χ4v) is 3.72. The van der Waals surface area contributed by atoms with Crippen LogP contribution in [0.4, 0.5) is 0 Å². The summed E-state index contributed by atoms with van der Waals surface area (Å²) in [6.07, 6.45) is 3.90. The van der Waals surface area contributed by atoms with Crippen molar-refractivity contribution in [3.63, 3.8) is 0 Å². The highest BCUT2D eigenvalue weighted by Gasteiger charge is 2.20. The highest BCUT2D eigenvalue weighted by molar-refractivity contribution is 7.89. The van der Waals surface area contributed by atoms with Gasteiger partial charge >= 0.3 is 0 Å². The molecule has 1 aliphatic heterocycles. The SMILES string of the molecule is CC(C)OCCCCNS(=O)(=O)CC1CCNCC1. The van der Waals surface area contributed by atoms with Crippen molar-refractivity contribution in [1.82, 2.24) is 10.0 Å². The first-order valence-electron chi connectivity index (χ1n) is 7.29. The molecule has 0 aliphatic carbocycles. The minimum absolute atomic E-state index is 0.247. The van der Waals surface area contributed by atoms with E-state index >= 15 is 0 Å². The molecule has 0 aromatic heterocycles. The second-order valence-electron chi connectivity index (χ2n) is 5.50. The maximum absolute atomic E-state index is 11.9. The molecule has 0 amide bonds. The number of nitrogens with one attached hydrogen (secondary N) is 2. The average Bonchev–Trinajstić information content (AvgIpc) is 2.34. The third-order valence-corrected chi connectivity index (χ3v) is 4.81. The summed E-state index contributed by atoms with van der Waals surface area (Å²) in [5.74, 6) is 0.583. The van der Waals surface area contributed by atoms with Gasteiger partial charge in [-0.15, -0.1) is 0 Å². The molecule has 0 bridgehead atoms. The Morgan fingerprint density at radius 2 is 1.95 bits per heavy atom. The Morgan fingerprint density at radius 3 is 2.58 bits per heavy atom. The van der Waals surface area contributed by atoms with Crippen molar-refractivity contribution in [1.29, 1.82) is 0 Å². The van der Waals surface area contributed by atoms with Gasteiger partial charge in [0.25, 0.3) is 0 Å². The zero-order valence-corrected chi connectivity index (χ0v) is 13.0. The van der Waals surface area contributed by atoms with Crippen LogP contribution < -0.4 is 10.0 Å². The normalized spacial score (nSPS) is 18.1. The Balaban J connectivity index is 2.09. The van der Waals surface area contributed by atoms with Gasteiger partial charge in [-0.25, -0.2) is 13.1 Å². The van der Waals surface area contributed by atoms with Crippen molar-refractivity contribution in [3.8, 4) is 0 Å². The van der Waals surface area contributed by atoms with E-state index in [-0.39, 0.29) is 11.9 Å². The number of hydrogen-bond donors (Lipinski definition) is 2. The maximum atomic E-state index is 11.9. The largest absolute Gasteiger partial charge is 0.379 e. The molecule has 1 saturated heterocycles. The highest BCUT2D eigenvalue weighted by atomic mass is 32.2. The molecule has 1 rings (SSSR count). The number of ether oxygens (including phenoxy) is 1. The molecular weight excluding hydrogens is 264 g/mol. The molecule has 0 aromatic carbocycles. The predicted molar refractivity (Wildman–Crippen MR) is 77.7 cm³/mol. The van der Waals surface area contributed by atoms with Gasteiger partial charge in [0.2, 0.25) is 10.0 Å². The van der Waals surface area contributed by atoms with Crippen LogP contribution in [0.25, 0.3) is 0 Å². The van der Waals surface area contributed by atoms with Gasteiger partial charge in [-0.2, -0.15) is 0 Å². The molecule has 1 aliphatic rings. The minimum atomic E-state index is -3.10. The summed E-state index contributed by atoms with van der Waals surface area (Å²) in [4.78, 5) is 0. The summed E-state index contributed by atoms with van der Waals surface area (Å²) in [7, 11) is -3.10. The molecule has 0 unspecified atom stereocenters. The van der Waals surface area contributed by atoms with Crippen molar-refractivity contribution in [2.45, 2.75) is 45.6 Å². The third kappa shape index (κ3) is 8.57. The molecule has 1 heterocycles. The van der Waals surface area contributed by atoms with Gasteiger partial charge in [-0.1, -0.05) is 0 Å². The Morgan fingerprint density at radius 1 is 1.26 bits per heavy atom. The van der Waals surface area contributed by atoms with E-state index in [9.17, 15) is 8.42 Å². The fraction of sp³-hybridized carbons (Fsp3) is 1.00. The van der Waals surface area contributed by atoms with Crippen LogP contribution >= 0.6 is 0 Å². The van der Waals surface area contributed by atoms with E-state index in [1.165, 1.54) is 0 Å². The van der Waals surface area contributed by atoms with Crippen LogP contribution in [0.5, 0.6) is 0 Å². The molecule has 2 N–H and O–H groups in total. The number of unbranched alkanes of at least 4 members (excludes halogenated alkanes) is 1. The molecule has 0 spiro atoms. The van der Waals surface area contributed by atoms with Crippen molar-refractivity contribution < 1.29 is 13.2 Å². The first-order valence-corrected chi connectivity index (χ1v) is 8.94. The number of piperidine rings is 1. The monoisotopic (exact) mass is 292 g/mol. The summed E-state index contributed by atoms with van der Waals surface area (Å²) >= 11 is 0. The van der Waals surface area contributed by atoms with Crippen LogP contribution in [-0.4, -0.2) is 46.5 Å². The lowest BCUT2D eigenvalue weighted by molar-refractivity contribution is 0.0762. The maximum Gasteiger partial charge on any atom is 0.211 e.